The minimum Gasteiger partial charge on any atom is -0.322 e. The van der Waals surface area contributed by atoms with Gasteiger partial charge in [-0.1, -0.05) is 48.9 Å². The number of hydrogen-bond donors (Lipinski definition) is 1. The van der Waals surface area contributed by atoms with Gasteiger partial charge in [0, 0.05) is 37.0 Å². The maximum Gasteiger partial charge on any atom is 0.255 e. The number of fused-ring (bicyclic) bond motifs is 1. The first-order valence-corrected chi connectivity index (χ1v) is 12.7. The van der Waals surface area contributed by atoms with Crippen molar-refractivity contribution in [2.24, 2.45) is 0 Å². The van der Waals surface area contributed by atoms with Crippen molar-refractivity contribution < 1.29 is 9.59 Å². The van der Waals surface area contributed by atoms with E-state index in [4.69, 9.17) is 0 Å². The highest BCUT2D eigenvalue weighted by Crippen LogP contribution is 2.30. The SMILES string of the molecule is CN1C(=O)CCCc2ccc(NC(=O)c3ccc(-c4ccccc4)c(CN4CCCCC4)c3)cc21.Cl. The van der Waals surface area contributed by atoms with Gasteiger partial charge in [0.05, 0.1) is 0 Å². The molecule has 0 aromatic heterocycles. The molecule has 3 aromatic carbocycles. The maximum absolute atomic E-state index is 13.3. The largest absolute Gasteiger partial charge is 0.322 e. The van der Waals surface area contributed by atoms with E-state index in [0.29, 0.717) is 17.7 Å². The number of benzene rings is 3. The lowest BCUT2D eigenvalue weighted by atomic mass is 9.96. The van der Waals surface area contributed by atoms with Gasteiger partial charge in [-0.3, -0.25) is 14.5 Å². The fourth-order valence-corrected chi connectivity index (χ4v) is 5.22. The van der Waals surface area contributed by atoms with Crippen molar-refractivity contribution in [2.75, 3.05) is 30.4 Å². The first-order chi connectivity index (χ1) is 17.1. The number of amides is 2. The van der Waals surface area contributed by atoms with E-state index in [-0.39, 0.29) is 24.2 Å². The number of aryl methyl sites for hydroxylation is 1. The van der Waals surface area contributed by atoms with Crippen LogP contribution in [0.1, 0.15) is 53.6 Å². The Morgan fingerprint density at radius 2 is 1.67 bits per heavy atom. The van der Waals surface area contributed by atoms with Crippen molar-refractivity contribution in [3.63, 3.8) is 0 Å². The average Bonchev–Trinajstić information content (AvgIpc) is 3.03. The zero-order valence-electron chi connectivity index (χ0n) is 20.8. The van der Waals surface area contributed by atoms with E-state index in [9.17, 15) is 9.59 Å². The molecule has 5 rings (SSSR count). The van der Waals surface area contributed by atoms with E-state index in [1.165, 1.54) is 36.0 Å². The normalized spacial score (nSPS) is 16.0. The lowest BCUT2D eigenvalue weighted by molar-refractivity contribution is -0.118. The molecule has 0 saturated carbocycles. The fourth-order valence-electron chi connectivity index (χ4n) is 5.22. The Balaban J connectivity index is 0.00000304. The minimum atomic E-state index is -0.132. The van der Waals surface area contributed by atoms with Crippen LogP contribution in [-0.4, -0.2) is 36.9 Å². The third kappa shape index (κ3) is 5.80. The molecule has 0 atom stereocenters. The highest BCUT2D eigenvalue weighted by molar-refractivity contribution is 6.05. The molecule has 0 unspecified atom stereocenters. The van der Waals surface area contributed by atoms with E-state index in [0.717, 1.165) is 43.7 Å². The molecular formula is C30H34ClN3O2. The van der Waals surface area contributed by atoms with E-state index in [1.54, 1.807) is 4.90 Å². The van der Waals surface area contributed by atoms with E-state index in [2.05, 4.69) is 40.5 Å². The smallest absolute Gasteiger partial charge is 0.255 e. The van der Waals surface area contributed by atoms with Gasteiger partial charge in [0.2, 0.25) is 5.91 Å². The van der Waals surface area contributed by atoms with Crippen molar-refractivity contribution in [1.82, 2.24) is 4.90 Å². The molecule has 1 saturated heterocycles. The second kappa shape index (κ2) is 11.7. The van der Waals surface area contributed by atoms with Crippen LogP contribution in [0.15, 0.2) is 66.7 Å². The Morgan fingerprint density at radius 1 is 0.889 bits per heavy atom. The number of likely N-dealkylation sites (tertiary alicyclic amines) is 1. The zero-order valence-corrected chi connectivity index (χ0v) is 21.7. The standard InChI is InChI=1S/C30H33N3O2.ClH/c1-32-28-20-26(15-13-23(28)11-8-12-29(32)34)31-30(35)24-14-16-27(22-9-4-2-5-10-22)25(19-24)21-33-17-6-3-7-18-33;/h2,4-5,9-10,13-16,19-20H,3,6-8,11-12,17-18,21H2,1H3,(H,31,35);1H. The highest BCUT2D eigenvalue weighted by Gasteiger charge is 2.20. The number of hydrogen-bond acceptors (Lipinski definition) is 3. The van der Waals surface area contributed by atoms with Gasteiger partial charge in [-0.2, -0.15) is 0 Å². The number of rotatable bonds is 5. The third-order valence-electron chi connectivity index (χ3n) is 7.21. The van der Waals surface area contributed by atoms with Crippen molar-refractivity contribution in [2.45, 2.75) is 45.1 Å². The summed E-state index contributed by atoms with van der Waals surface area (Å²) < 4.78 is 0. The quantitative estimate of drug-likeness (QED) is 0.443. The molecule has 2 aliphatic heterocycles. The molecule has 0 spiro atoms. The van der Waals surface area contributed by atoms with E-state index in [1.807, 2.05) is 43.4 Å². The van der Waals surface area contributed by atoms with Crippen LogP contribution in [0.5, 0.6) is 0 Å². The molecule has 1 fully saturated rings. The lowest BCUT2D eigenvalue weighted by Gasteiger charge is -2.27. The van der Waals surface area contributed by atoms with Crippen LogP contribution in [0.3, 0.4) is 0 Å². The Labute approximate surface area is 219 Å². The highest BCUT2D eigenvalue weighted by atomic mass is 35.5. The van der Waals surface area contributed by atoms with Crippen LogP contribution in [0, 0.1) is 0 Å². The fraction of sp³-hybridized carbons (Fsp3) is 0.333. The van der Waals surface area contributed by atoms with Crippen LogP contribution in [-0.2, 0) is 17.8 Å². The van der Waals surface area contributed by atoms with Gasteiger partial charge in [-0.05, 0) is 85.3 Å². The van der Waals surface area contributed by atoms with E-state index >= 15 is 0 Å². The van der Waals surface area contributed by atoms with Gasteiger partial charge in [0.1, 0.15) is 0 Å². The number of anilines is 2. The summed E-state index contributed by atoms with van der Waals surface area (Å²) in [6.07, 6.45) is 6.05. The summed E-state index contributed by atoms with van der Waals surface area (Å²) in [4.78, 5) is 29.8. The summed E-state index contributed by atoms with van der Waals surface area (Å²) in [5.74, 6) is -0.0156. The van der Waals surface area contributed by atoms with Crippen molar-refractivity contribution in [1.29, 1.82) is 0 Å². The molecular weight excluding hydrogens is 470 g/mol. The predicted octanol–water partition coefficient (Wildman–Crippen LogP) is 6.31. The molecule has 3 aromatic rings. The maximum atomic E-state index is 13.3. The Kier molecular flexibility index (Phi) is 8.44. The van der Waals surface area contributed by atoms with Crippen molar-refractivity contribution >= 4 is 35.6 Å². The third-order valence-corrected chi connectivity index (χ3v) is 7.21. The van der Waals surface area contributed by atoms with Crippen molar-refractivity contribution in [3.8, 4) is 11.1 Å². The molecule has 2 amide bonds. The predicted molar refractivity (Wildman–Crippen MR) is 149 cm³/mol. The number of carbonyl (C=O) groups excluding carboxylic acids is 2. The Morgan fingerprint density at radius 3 is 2.44 bits per heavy atom. The summed E-state index contributed by atoms with van der Waals surface area (Å²) in [7, 11) is 1.81. The minimum absolute atomic E-state index is 0. The molecule has 1 N–H and O–H groups in total. The van der Waals surface area contributed by atoms with Gasteiger partial charge in [-0.15, -0.1) is 12.4 Å². The van der Waals surface area contributed by atoms with Gasteiger partial charge in [0.25, 0.3) is 5.91 Å². The Hall–Kier alpha value is -3.15. The van der Waals surface area contributed by atoms with Gasteiger partial charge in [-0.25, -0.2) is 0 Å². The van der Waals surface area contributed by atoms with Crippen LogP contribution in [0.2, 0.25) is 0 Å². The van der Waals surface area contributed by atoms with Gasteiger partial charge in [0.15, 0.2) is 0 Å². The van der Waals surface area contributed by atoms with Gasteiger partial charge >= 0.3 is 0 Å². The molecule has 0 radical (unpaired) electrons. The topological polar surface area (TPSA) is 52.7 Å². The number of piperidine rings is 1. The number of halogens is 1. The molecule has 5 nitrogen and oxygen atoms in total. The molecule has 2 heterocycles. The summed E-state index contributed by atoms with van der Waals surface area (Å²) in [6.45, 7) is 3.05. The van der Waals surface area contributed by atoms with E-state index < -0.39 is 0 Å². The first kappa shape index (κ1) is 25.9. The van der Waals surface area contributed by atoms with Crippen LogP contribution < -0.4 is 10.2 Å². The molecule has 2 aliphatic rings. The molecule has 188 valence electrons. The second-order valence-electron chi connectivity index (χ2n) is 9.68. The number of carbonyl (C=O) groups is 2. The number of nitrogens with one attached hydrogen (secondary N) is 1. The molecule has 0 bridgehead atoms. The monoisotopic (exact) mass is 503 g/mol. The summed E-state index contributed by atoms with van der Waals surface area (Å²) in [5.41, 5.74) is 6.92. The Bertz CT molecular complexity index is 1220. The molecule has 6 heteroatoms. The zero-order chi connectivity index (χ0) is 24.2. The van der Waals surface area contributed by atoms with Gasteiger partial charge < -0.3 is 10.2 Å². The summed E-state index contributed by atoms with van der Waals surface area (Å²) in [6, 6.07) is 22.3. The second-order valence-corrected chi connectivity index (χ2v) is 9.68. The number of nitrogens with zero attached hydrogens (tertiary/aromatic N) is 2. The molecule has 36 heavy (non-hydrogen) atoms. The lowest BCUT2D eigenvalue weighted by Crippen LogP contribution is -2.29. The van der Waals surface area contributed by atoms with Crippen LogP contribution in [0.25, 0.3) is 11.1 Å². The van der Waals surface area contributed by atoms with Crippen molar-refractivity contribution in [3.05, 3.63) is 83.4 Å². The average molecular weight is 504 g/mol. The van der Waals surface area contributed by atoms with Crippen LogP contribution >= 0.6 is 12.4 Å². The van der Waals surface area contributed by atoms with Crippen LogP contribution in [0.4, 0.5) is 11.4 Å². The summed E-state index contributed by atoms with van der Waals surface area (Å²) in [5, 5.41) is 3.06. The molecule has 0 aliphatic carbocycles. The first-order valence-electron chi connectivity index (χ1n) is 12.7. The summed E-state index contributed by atoms with van der Waals surface area (Å²) >= 11 is 0.